The van der Waals surface area contributed by atoms with Crippen molar-refractivity contribution in [3.8, 4) is 0 Å². The summed E-state index contributed by atoms with van der Waals surface area (Å²) in [5, 5.41) is 8.57. The fraction of sp³-hybridized carbons (Fsp3) is 0.0909. The van der Waals surface area contributed by atoms with Crippen LogP contribution in [0.2, 0.25) is 0 Å². The predicted octanol–water partition coefficient (Wildman–Crippen LogP) is 4.24. The van der Waals surface area contributed by atoms with Crippen LogP contribution in [-0.4, -0.2) is 22.6 Å². The second-order valence-corrected chi connectivity index (χ2v) is 6.41. The quantitative estimate of drug-likeness (QED) is 0.549. The van der Waals surface area contributed by atoms with Crippen LogP contribution in [0.5, 0.6) is 0 Å². The Bertz CT molecular complexity index is 1060. The zero-order valence-electron chi connectivity index (χ0n) is 16.0. The molecule has 0 atom stereocenters. The van der Waals surface area contributed by atoms with Gasteiger partial charge in [-0.2, -0.15) is 0 Å². The molecule has 0 saturated heterocycles. The molecule has 29 heavy (non-hydrogen) atoms. The van der Waals surface area contributed by atoms with Gasteiger partial charge in [0.15, 0.2) is 5.78 Å². The number of Topliss-reactive ketones (excluding diaryl/α,β-unsaturated/α-hetero) is 1. The van der Waals surface area contributed by atoms with Crippen LogP contribution >= 0.6 is 0 Å². The van der Waals surface area contributed by atoms with E-state index in [-0.39, 0.29) is 23.3 Å². The zero-order chi connectivity index (χ0) is 20.8. The standard InChI is InChI=1S/C22H20N4O3/c1-14(27)16-5-3-6-17(11-16)25-20-9-10-21(23-13-20)22(29)26-19-8-4-7-18(12-19)24-15(2)28/h3-13,25H,1-2H3,(H,24,28)(H,26,29). The number of anilines is 4. The van der Waals surface area contributed by atoms with Gasteiger partial charge < -0.3 is 16.0 Å². The summed E-state index contributed by atoms with van der Waals surface area (Å²) in [6.45, 7) is 2.93. The summed E-state index contributed by atoms with van der Waals surface area (Å²) in [6, 6.07) is 17.3. The number of aromatic nitrogens is 1. The number of benzene rings is 2. The molecule has 0 aliphatic heterocycles. The molecule has 0 fully saturated rings. The maximum atomic E-state index is 12.4. The smallest absolute Gasteiger partial charge is 0.274 e. The van der Waals surface area contributed by atoms with Gasteiger partial charge >= 0.3 is 0 Å². The summed E-state index contributed by atoms with van der Waals surface area (Å²) in [5.41, 5.74) is 3.45. The van der Waals surface area contributed by atoms with Crippen molar-refractivity contribution in [2.45, 2.75) is 13.8 Å². The van der Waals surface area contributed by atoms with Gasteiger partial charge in [-0.1, -0.05) is 18.2 Å². The number of ketones is 1. The summed E-state index contributed by atoms with van der Waals surface area (Å²) in [6.07, 6.45) is 1.54. The molecule has 0 spiro atoms. The van der Waals surface area contributed by atoms with E-state index in [1.807, 2.05) is 6.07 Å². The lowest BCUT2D eigenvalue weighted by Crippen LogP contribution is -2.14. The predicted molar refractivity (Wildman–Crippen MR) is 113 cm³/mol. The third-order valence-electron chi connectivity index (χ3n) is 3.99. The third-order valence-corrected chi connectivity index (χ3v) is 3.99. The van der Waals surface area contributed by atoms with E-state index in [0.717, 1.165) is 5.69 Å². The fourth-order valence-corrected chi connectivity index (χ4v) is 2.66. The Balaban J connectivity index is 1.67. The van der Waals surface area contributed by atoms with Gasteiger partial charge in [0.05, 0.1) is 11.9 Å². The maximum Gasteiger partial charge on any atom is 0.274 e. The van der Waals surface area contributed by atoms with Crippen LogP contribution in [0.25, 0.3) is 0 Å². The van der Waals surface area contributed by atoms with E-state index in [1.54, 1.807) is 60.8 Å². The minimum absolute atomic E-state index is 0.0126. The Morgan fingerprint density at radius 3 is 2.10 bits per heavy atom. The van der Waals surface area contributed by atoms with Crippen LogP contribution in [0.3, 0.4) is 0 Å². The van der Waals surface area contributed by atoms with Crippen LogP contribution in [0, 0.1) is 0 Å². The lowest BCUT2D eigenvalue weighted by Gasteiger charge is -2.09. The first kappa shape index (κ1) is 19.8. The molecule has 3 N–H and O–H groups in total. The molecular formula is C22H20N4O3. The van der Waals surface area contributed by atoms with Crippen molar-refractivity contribution >= 4 is 40.3 Å². The average Bonchev–Trinajstić information content (AvgIpc) is 2.68. The zero-order valence-corrected chi connectivity index (χ0v) is 16.0. The molecule has 1 heterocycles. The fourth-order valence-electron chi connectivity index (χ4n) is 2.66. The molecule has 1 aromatic heterocycles. The van der Waals surface area contributed by atoms with E-state index in [2.05, 4.69) is 20.9 Å². The van der Waals surface area contributed by atoms with Gasteiger partial charge in [0.1, 0.15) is 5.69 Å². The second kappa shape index (κ2) is 8.79. The maximum absolute atomic E-state index is 12.4. The van der Waals surface area contributed by atoms with Crippen molar-refractivity contribution in [2.75, 3.05) is 16.0 Å². The minimum atomic E-state index is -0.366. The van der Waals surface area contributed by atoms with Gasteiger partial charge in [-0.25, -0.2) is 4.98 Å². The summed E-state index contributed by atoms with van der Waals surface area (Å²) >= 11 is 0. The van der Waals surface area contributed by atoms with Gasteiger partial charge in [-0.3, -0.25) is 14.4 Å². The first-order valence-corrected chi connectivity index (χ1v) is 8.94. The van der Waals surface area contributed by atoms with Crippen molar-refractivity contribution in [3.05, 3.63) is 78.1 Å². The highest BCUT2D eigenvalue weighted by Gasteiger charge is 2.09. The molecule has 146 valence electrons. The molecule has 3 rings (SSSR count). The van der Waals surface area contributed by atoms with E-state index in [1.165, 1.54) is 13.8 Å². The van der Waals surface area contributed by atoms with Crippen LogP contribution in [0.15, 0.2) is 66.9 Å². The van der Waals surface area contributed by atoms with Gasteiger partial charge in [0.25, 0.3) is 5.91 Å². The Morgan fingerprint density at radius 1 is 0.759 bits per heavy atom. The van der Waals surface area contributed by atoms with Gasteiger partial charge in [0, 0.05) is 29.5 Å². The molecule has 2 aromatic carbocycles. The largest absolute Gasteiger partial charge is 0.354 e. The van der Waals surface area contributed by atoms with E-state index in [4.69, 9.17) is 0 Å². The van der Waals surface area contributed by atoms with Crippen molar-refractivity contribution in [2.24, 2.45) is 0 Å². The Labute approximate surface area is 168 Å². The monoisotopic (exact) mass is 388 g/mol. The van der Waals surface area contributed by atoms with Crippen LogP contribution in [0.4, 0.5) is 22.7 Å². The molecule has 0 saturated carbocycles. The number of carbonyl (C=O) groups excluding carboxylic acids is 3. The van der Waals surface area contributed by atoms with Crippen LogP contribution in [-0.2, 0) is 4.79 Å². The van der Waals surface area contributed by atoms with Gasteiger partial charge in [-0.05, 0) is 49.4 Å². The molecule has 7 heteroatoms. The Hall–Kier alpha value is -4.00. The molecule has 0 aliphatic rings. The van der Waals surface area contributed by atoms with Crippen LogP contribution in [0.1, 0.15) is 34.7 Å². The molecule has 3 aromatic rings. The molecular weight excluding hydrogens is 368 g/mol. The number of rotatable bonds is 6. The average molecular weight is 388 g/mol. The third kappa shape index (κ3) is 5.49. The molecule has 2 amide bonds. The van der Waals surface area contributed by atoms with Gasteiger partial charge in [0.2, 0.25) is 5.91 Å². The van der Waals surface area contributed by atoms with E-state index in [9.17, 15) is 14.4 Å². The summed E-state index contributed by atoms with van der Waals surface area (Å²) in [7, 11) is 0. The molecule has 0 bridgehead atoms. The summed E-state index contributed by atoms with van der Waals surface area (Å²) in [5.74, 6) is -0.566. The number of pyridine rings is 1. The number of nitrogens with one attached hydrogen (secondary N) is 3. The first-order chi connectivity index (χ1) is 13.9. The highest BCUT2D eigenvalue weighted by Crippen LogP contribution is 2.19. The second-order valence-electron chi connectivity index (χ2n) is 6.41. The van der Waals surface area contributed by atoms with E-state index < -0.39 is 0 Å². The Morgan fingerprint density at radius 2 is 1.45 bits per heavy atom. The molecule has 0 unspecified atom stereocenters. The highest BCUT2D eigenvalue weighted by atomic mass is 16.2. The summed E-state index contributed by atoms with van der Waals surface area (Å²) < 4.78 is 0. The number of hydrogen-bond donors (Lipinski definition) is 3. The number of carbonyl (C=O) groups is 3. The number of nitrogens with zero attached hydrogens (tertiary/aromatic N) is 1. The minimum Gasteiger partial charge on any atom is -0.354 e. The molecule has 0 aliphatic carbocycles. The van der Waals surface area contributed by atoms with Crippen molar-refractivity contribution in [3.63, 3.8) is 0 Å². The Kier molecular flexibility index (Phi) is 5.99. The topological polar surface area (TPSA) is 100 Å². The molecule has 0 radical (unpaired) electrons. The normalized spacial score (nSPS) is 10.1. The van der Waals surface area contributed by atoms with Crippen molar-refractivity contribution in [1.82, 2.24) is 4.98 Å². The highest BCUT2D eigenvalue weighted by molar-refractivity contribution is 6.03. The van der Waals surface area contributed by atoms with Crippen molar-refractivity contribution in [1.29, 1.82) is 0 Å². The van der Waals surface area contributed by atoms with E-state index in [0.29, 0.717) is 22.6 Å². The lowest BCUT2D eigenvalue weighted by atomic mass is 10.1. The first-order valence-electron chi connectivity index (χ1n) is 8.94. The molecule has 7 nitrogen and oxygen atoms in total. The number of hydrogen-bond acceptors (Lipinski definition) is 5. The van der Waals surface area contributed by atoms with Crippen molar-refractivity contribution < 1.29 is 14.4 Å². The lowest BCUT2D eigenvalue weighted by molar-refractivity contribution is -0.114. The van der Waals surface area contributed by atoms with E-state index >= 15 is 0 Å². The van der Waals surface area contributed by atoms with Crippen LogP contribution < -0.4 is 16.0 Å². The number of amides is 2. The van der Waals surface area contributed by atoms with Gasteiger partial charge in [-0.15, -0.1) is 0 Å². The SMILES string of the molecule is CC(=O)Nc1cccc(NC(=O)c2ccc(Nc3cccc(C(C)=O)c3)cn2)c1. The summed E-state index contributed by atoms with van der Waals surface area (Å²) in [4.78, 5) is 39.2.